The van der Waals surface area contributed by atoms with E-state index < -0.39 is 35.4 Å². The van der Waals surface area contributed by atoms with E-state index in [-0.39, 0.29) is 49.1 Å². The molecule has 15 heteroatoms. The number of methoxy groups -OCH3 is 4. The highest BCUT2D eigenvalue weighted by Gasteiger charge is 2.51. The number of nitrogens with zero attached hydrogens (tertiary/aromatic N) is 2. The van der Waals surface area contributed by atoms with Gasteiger partial charge in [0.2, 0.25) is 0 Å². The molecule has 2 saturated heterocycles. The fraction of sp³-hybridized carbons (Fsp3) is 0.700. The number of carbonyl (C=O) groups excluding carboxylic acids is 3. The van der Waals surface area contributed by atoms with Gasteiger partial charge in [0.25, 0.3) is 0 Å². The van der Waals surface area contributed by atoms with Crippen LogP contribution in [0.2, 0.25) is 0 Å². The van der Waals surface area contributed by atoms with Crippen LogP contribution >= 0.6 is 0 Å². The van der Waals surface area contributed by atoms with Crippen LogP contribution < -0.4 is 18.9 Å². The number of aliphatic hydroxyl groups is 1. The van der Waals surface area contributed by atoms with Crippen molar-refractivity contribution in [2.45, 2.75) is 137 Å². The van der Waals surface area contributed by atoms with E-state index in [4.69, 9.17) is 42.6 Å². The molecule has 65 heavy (non-hydrogen) atoms. The maximum atomic E-state index is 13.4. The number of esters is 1. The van der Waals surface area contributed by atoms with Gasteiger partial charge in [-0.1, -0.05) is 39.8 Å². The lowest BCUT2D eigenvalue weighted by Crippen LogP contribution is -2.45. The van der Waals surface area contributed by atoms with Gasteiger partial charge in [0.15, 0.2) is 23.0 Å². The normalized spacial score (nSPS) is 20.9. The summed E-state index contributed by atoms with van der Waals surface area (Å²) in [6.07, 6.45) is 1.77. The Bertz CT molecular complexity index is 1790. The molecule has 4 rings (SSSR count). The molecular formula is C50H80N2O13. The summed E-state index contributed by atoms with van der Waals surface area (Å²) in [4.78, 5) is 42.8. The summed E-state index contributed by atoms with van der Waals surface area (Å²) in [6.45, 7) is 23.6. The number of ether oxygens (including phenoxy) is 9. The topological polar surface area (TPSA) is 161 Å². The van der Waals surface area contributed by atoms with Gasteiger partial charge in [-0.15, -0.1) is 0 Å². The van der Waals surface area contributed by atoms with Crippen LogP contribution in [0.1, 0.15) is 125 Å². The summed E-state index contributed by atoms with van der Waals surface area (Å²) >= 11 is 0. The van der Waals surface area contributed by atoms with Crippen molar-refractivity contribution in [1.82, 2.24) is 9.80 Å². The fourth-order valence-corrected chi connectivity index (χ4v) is 8.47. The fourth-order valence-electron chi connectivity index (χ4n) is 8.47. The Balaban J connectivity index is 0.000000347. The van der Waals surface area contributed by atoms with Crippen molar-refractivity contribution in [1.29, 1.82) is 0 Å². The molecule has 2 aliphatic heterocycles. The van der Waals surface area contributed by atoms with E-state index in [0.717, 1.165) is 24.0 Å². The number of carbonyl (C=O) groups is 3. The van der Waals surface area contributed by atoms with Crippen molar-refractivity contribution in [3.63, 3.8) is 0 Å². The van der Waals surface area contributed by atoms with Crippen molar-refractivity contribution in [3.05, 3.63) is 47.5 Å². The smallest absolute Gasteiger partial charge is 0.411 e. The first kappa shape index (κ1) is 54.9. The van der Waals surface area contributed by atoms with Crippen molar-refractivity contribution >= 4 is 18.2 Å². The molecule has 0 aromatic heterocycles. The Morgan fingerprint density at radius 1 is 0.646 bits per heavy atom. The standard InChI is InChI=1S/C26H41NO7.C24H39NO6/c1-9-32-24(28)20-16-19(17(2)3)23(27(20)25(29)34-26(4,5)6)18-11-12-21(31-8)22(15-18)33-14-10-13-30-7;1-16(2)19-14-18(15-26)25(23(27)31-24(3,4)5)22(19)17-9-10-20(29-7)21(13-17)30-12-8-11-28-6/h11-12,15,17,19-20,23H,9-10,13-14,16H2,1-8H3;9-10,13,16,18-19,22,26H,8,11-12,14-15H2,1-7H3/t19-,20-,23?;18-,19-,22?/m00/s1. The van der Waals surface area contributed by atoms with Crippen molar-refractivity contribution in [3.8, 4) is 23.0 Å². The molecule has 1 N–H and O–H groups in total. The lowest BCUT2D eigenvalue weighted by Gasteiger charge is -2.34. The number of hydrogen-bond donors (Lipinski definition) is 1. The predicted molar refractivity (Wildman–Crippen MR) is 249 cm³/mol. The van der Waals surface area contributed by atoms with Crippen molar-refractivity contribution in [2.75, 3.05) is 68.1 Å². The number of likely N-dealkylation sites (tertiary alicyclic amines) is 2. The molecule has 0 spiro atoms. The van der Waals surface area contributed by atoms with E-state index in [1.165, 1.54) is 0 Å². The van der Waals surface area contributed by atoms with E-state index in [1.54, 1.807) is 45.2 Å². The summed E-state index contributed by atoms with van der Waals surface area (Å²) in [5.74, 6) is 2.79. The van der Waals surface area contributed by atoms with E-state index in [1.807, 2.05) is 77.9 Å². The van der Waals surface area contributed by atoms with Gasteiger partial charge in [0.05, 0.1) is 58.8 Å². The summed E-state index contributed by atoms with van der Waals surface area (Å²) in [5, 5.41) is 10.0. The number of aliphatic hydroxyl groups excluding tert-OH is 1. The molecule has 2 amide bonds. The minimum atomic E-state index is -0.722. The maximum Gasteiger partial charge on any atom is 0.411 e. The first-order valence-electron chi connectivity index (χ1n) is 23.1. The molecule has 0 bridgehead atoms. The second-order valence-electron chi connectivity index (χ2n) is 19.3. The molecule has 0 aliphatic carbocycles. The average Bonchev–Trinajstić information content (AvgIpc) is 3.84. The second kappa shape index (κ2) is 25.4. The van der Waals surface area contributed by atoms with Crippen LogP contribution in [0.25, 0.3) is 0 Å². The van der Waals surface area contributed by atoms with Gasteiger partial charge in [-0.25, -0.2) is 14.4 Å². The first-order chi connectivity index (χ1) is 30.7. The molecule has 0 radical (unpaired) electrons. The molecule has 2 heterocycles. The zero-order chi connectivity index (χ0) is 48.6. The largest absolute Gasteiger partial charge is 0.493 e. The highest BCUT2D eigenvalue weighted by molar-refractivity contribution is 5.83. The lowest BCUT2D eigenvalue weighted by atomic mass is 9.84. The quantitative estimate of drug-likeness (QED) is 0.0807. The van der Waals surface area contributed by atoms with Gasteiger partial charge in [-0.05, 0) is 120 Å². The second-order valence-corrected chi connectivity index (χ2v) is 19.3. The summed E-state index contributed by atoms with van der Waals surface area (Å²) in [6, 6.07) is 9.83. The number of amides is 2. The van der Waals surface area contributed by atoms with E-state index in [2.05, 4.69) is 27.7 Å². The predicted octanol–water partition coefficient (Wildman–Crippen LogP) is 9.42. The lowest BCUT2D eigenvalue weighted by molar-refractivity contribution is -0.148. The Morgan fingerprint density at radius 2 is 1.08 bits per heavy atom. The van der Waals surface area contributed by atoms with Crippen molar-refractivity contribution in [2.24, 2.45) is 23.7 Å². The first-order valence-corrected chi connectivity index (χ1v) is 23.1. The van der Waals surface area contributed by atoms with Crippen LogP contribution in [0.15, 0.2) is 36.4 Å². The van der Waals surface area contributed by atoms with Gasteiger partial charge in [-0.3, -0.25) is 9.80 Å². The van der Waals surface area contributed by atoms with E-state index >= 15 is 0 Å². The highest BCUT2D eigenvalue weighted by atomic mass is 16.6. The zero-order valence-electron chi connectivity index (χ0n) is 41.9. The molecule has 2 aromatic rings. The van der Waals surface area contributed by atoms with Crippen LogP contribution in [0.4, 0.5) is 9.59 Å². The third-order valence-electron chi connectivity index (χ3n) is 11.4. The highest BCUT2D eigenvalue weighted by Crippen LogP contribution is 2.49. The van der Waals surface area contributed by atoms with Crippen LogP contribution in [-0.4, -0.2) is 124 Å². The average molecular weight is 917 g/mol. The van der Waals surface area contributed by atoms with Crippen LogP contribution in [0, 0.1) is 23.7 Å². The monoisotopic (exact) mass is 917 g/mol. The molecule has 2 aromatic carbocycles. The van der Waals surface area contributed by atoms with Gasteiger partial charge in [0, 0.05) is 40.3 Å². The molecule has 2 aliphatic rings. The van der Waals surface area contributed by atoms with Gasteiger partial charge in [-0.2, -0.15) is 0 Å². The van der Waals surface area contributed by atoms with Gasteiger partial charge < -0.3 is 47.7 Å². The molecular weight excluding hydrogens is 837 g/mol. The van der Waals surface area contributed by atoms with Crippen LogP contribution in [0.5, 0.6) is 23.0 Å². The summed E-state index contributed by atoms with van der Waals surface area (Å²) < 4.78 is 49.9. The van der Waals surface area contributed by atoms with Crippen LogP contribution in [-0.2, 0) is 28.5 Å². The minimum absolute atomic E-state index is 0.0247. The molecule has 15 nitrogen and oxygen atoms in total. The molecule has 6 atom stereocenters. The summed E-state index contributed by atoms with van der Waals surface area (Å²) in [7, 11) is 6.51. The van der Waals surface area contributed by atoms with E-state index in [9.17, 15) is 19.5 Å². The number of hydrogen-bond acceptors (Lipinski definition) is 13. The zero-order valence-corrected chi connectivity index (χ0v) is 41.9. The molecule has 2 fully saturated rings. The third kappa shape index (κ3) is 15.6. The Kier molecular flexibility index (Phi) is 21.5. The van der Waals surface area contributed by atoms with Crippen molar-refractivity contribution < 1.29 is 62.1 Å². The molecule has 2 unspecified atom stereocenters. The van der Waals surface area contributed by atoms with Gasteiger partial charge in [0.1, 0.15) is 17.2 Å². The number of rotatable bonds is 19. The summed E-state index contributed by atoms with van der Waals surface area (Å²) in [5.41, 5.74) is 0.487. The minimum Gasteiger partial charge on any atom is -0.493 e. The number of benzene rings is 2. The molecule has 0 saturated carbocycles. The Labute approximate surface area is 388 Å². The maximum absolute atomic E-state index is 13.4. The Hall–Kier alpha value is -4.47. The molecule has 368 valence electrons. The SMILES string of the molecule is CCOC(=O)[C@@H]1C[C@@H](C(C)C)C(c2ccc(OC)c(OCCCOC)c2)N1C(=O)OC(C)(C)C.COCCCOc1cc(C2[C@H](C(C)C)C[C@@H](CO)N2C(=O)OC(C)(C)C)ccc1OC. The van der Waals surface area contributed by atoms with E-state index in [0.29, 0.717) is 68.2 Å². The Morgan fingerprint density at radius 3 is 1.46 bits per heavy atom. The third-order valence-corrected chi connectivity index (χ3v) is 11.4. The van der Waals surface area contributed by atoms with Gasteiger partial charge >= 0.3 is 18.2 Å². The van der Waals surface area contributed by atoms with Crippen LogP contribution in [0.3, 0.4) is 0 Å².